The zero-order valence-electron chi connectivity index (χ0n) is 8.95. The molecule has 0 amide bonds. The van der Waals surface area contributed by atoms with E-state index in [1.165, 1.54) is 5.56 Å². The number of rotatable bonds is 2. The van der Waals surface area contributed by atoms with Gasteiger partial charge in [-0.2, -0.15) is 0 Å². The van der Waals surface area contributed by atoms with E-state index in [1.807, 2.05) is 6.07 Å². The van der Waals surface area contributed by atoms with Gasteiger partial charge in [0, 0.05) is 11.5 Å². The van der Waals surface area contributed by atoms with Crippen LogP contribution in [0.1, 0.15) is 12.5 Å². The Morgan fingerprint density at radius 3 is 2.80 bits per heavy atom. The fourth-order valence-electron chi connectivity index (χ4n) is 1.65. The van der Waals surface area contributed by atoms with Gasteiger partial charge in [-0.05, 0) is 24.1 Å². The number of nitrogens with two attached hydrogens (primary N) is 1. The summed E-state index contributed by atoms with van der Waals surface area (Å²) in [7, 11) is 1.65. The highest BCUT2D eigenvalue weighted by Crippen LogP contribution is 2.27. The van der Waals surface area contributed by atoms with Crippen molar-refractivity contribution in [3.05, 3.63) is 29.8 Å². The molecule has 0 fully saturated rings. The maximum Gasteiger partial charge on any atom is 0.131 e. The molecule has 0 aliphatic carbocycles. The number of pyridine rings is 1. The molecule has 0 aliphatic rings. The van der Waals surface area contributed by atoms with Crippen LogP contribution in [-0.4, -0.2) is 12.1 Å². The van der Waals surface area contributed by atoms with E-state index < -0.39 is 0 Å². The van der Waals surface area contributed by atoms with Crippen LogP contribution in [-0.2, 0) is 6.42 Å². The van der Waals surface area contributed by atoms with Gasteiger partial charge in [0.05, 0.1) is 12.6 Å². The third-order valence-corrected chi connectivity index (χ3v) is 2.48. The number of fused-ring (bicyclic) bond motifs is 1. The number of aryl methyl sites for hydroxylation is 1. The molecule has 78 valence electrons. The summed E-state index contributed by atoms with van der Waals surface area (Å²) in [5.41, 5.74) is 7.83. The summed E-state index contributed by atoms with van der Waals surface area (Å²) in [6, 6.07) is 7.89. The quantitative estimate of drug-likeness (QED) is 0.813. The minimum Gasteiger partial charge on any atom is -0.496 e. The minimum absolute atomic E-state index is 0.489. The molecule has 1 aromatic heterocycles. The van der Waals surface area contributed by atoms with Crippen molar-refractivity contribution < 1.29 is 4.74 Å². The second kappa shape index (κ2) is 3.77. The zero-order chi connectivity index (χ0) is 10.8. The number of hydrogen-bond donors (Lipinski definition) is 1. The smallest absolute Gasteiger partial charge is 0.131 e. The van der Waals surface area contributed by atoms with E-state index >= 15 is 0 Å². The summed E-state index contributed by atoms with van der Waals surface area (Å²) < 4.78 is 5.29. The molecule has 0 saturated heterocycles. The summed E-state index contributed by atoms with van der Waals surface area (Å²) in [5, 5.41) is 1.02. The molecule has 2 aromatic rings. The van der Waals surface area contributed by atoms with Crippen molar-refractivity contribution in [3.63, 3.8) is 0 Å². The van der Waals surface area contributed by atoms with Gasteiger partial charge < -0.3 is 10.5 Å². The molecule has 0 unspecified atom stereocenters. The Bertz CT molecular complexity index is 494. The topological polar surface area (TPSA) is 48.1 Å². The predicted octanol–water partition coefficient (Wildman–Crippen LogP) is 2.39. The molecule has 1 aromatic carbocycles. The van der Waals surface area contributed by atoms with Crippen LogP contribution in [0.25, 0.3) is 10.9 Å². The van der Waals surface area contributed by atoms with Gasteiger partial charge in [-0.25, -0.2) is 4.98 Å². The summed E-state index contributed by atoms with van der Waals surface area (Å²) in [4.78, 5) is 4.26. The molecule has 0 aliphatic heterocycles. The van der Waals surface area contributed by atoms with Crippen molar-refractivity contribution in [1.29, 1.82) is 0 Å². The Kier molecular flexibility index (Phi) is 2.46. The number of anilines is 1. The number of ether oxygens (including phenoxy) is 1. The van der Waals surface area contributed by atoms with Gasteiger partial charge >= 0.3 is 0 Å². The maximum absolute atomic E-state index is 5.68. The molecule has 0 saturated carbocycles. The van der Waals surface area contributed by atoms with Gasteiger partial charge in [-0.15, -0.1) is 0 Å². The van der Waals surface area contributed by atoms with Crippen LogP contribution in [0.2, 0.25) is 0 Å². The summed E-state index contributed by atoms with van der Waals surface area (Å²) in [6.07, 6.45) is 1.00. The van der Waals surface area contributed by atoms with Crippen molar-refractivity contribution in [1.82, 2.24) is 4.98 Å². The van der Waals surface area contributed by atoms with Crippen LogP contribution >= 0.6 is 0 Å². The SMILES string of the molecule is CCc1ccc2nc(N)cc(OC)c2c1. The van der Waals surface area contributed by atoms with E-state index in [0.717, 1.165) is 23.1 Å². The molecule has 2 N–H and O–H groups in total. The van der Waals surface area contributed by atoms with Crippen molar-refractivity contribution in [2.75, 3.05) is 12.8 Å². The Labute approximate surface area is 88.9 Å². The minimum atomic E-state index is 0.489. The monoisotopic (exact) mass is 202 g/mol. The van der Waals surface area contributed by atoms with Crippen LogP contribution < -0.4 is 10.5 Å². The Morgan fingerprint density at radius 1 is 1.33 bits per heavy atom. The summed E-state index contributed by atoms with van der Waals surface area (Å²) in [5.74, 6) is 1.27. The number of aromatic nitrogens is 1. The Hall–Kier alpha value is -1.77. The number of nitrogen functional groups attached to an aromatic ring is 1. The van der Waals surface area contributed by atoms with Gasteiger partial charge in [-0.1, -0.05) is 13.0 Å². The van der Waals surface area contributed by atoms with Gasteiger partial charge in [0.2, 0.25) is 0 Å². The van der Waals surface area contributed by atoms with Crippen molar-refractivity contribution in [3.8, 4) is 5.75 Å². The fraction of sp³-hybridized carbons (Fsp3) is 0.250. The van der Waals surface area contributed by atoms with E-state index in [4.69, 9.17) is 10.5 Å². The van der Waals surface area contributed by atoms with Crippen LogP contribution in [0.5, 0.6) is 5.75 Å². The van der Waals surface area contributed by atoms with E-state index in [1.54, 1.807) is 13.2 Å². The normalized spacial score (nSPS) is 10.5. The molecule has 0 radical (unpaired) electrons. The molecule has 0 atom stereocenters. The Balaban J connectivity index is 2.73. The lowest BCUT2D eigenvalue weighted by Crippen LogP contribution is -1.94. The number of hydrogen-bond acceptors (Lipinski definition) is 3. The first-order chi connectivity index (χ1) is 7.24. The number of methoxy groups -OCH3 is 1. The first-order valence-electron chi connectivity index (χ1n) is 4.97. The third-order valence-electron chi connectivity index (χ3n) is 2.48. The van der Waals surface area contributed by atoms with Gasteiger partial charge in [0.25, 0.3) is 0 Å². The molecular formula is C12H14N2O. The molecule has 0 bridgehead atoms. The van der Waals surface area contributed by atoms with Crippen LogP contribution in [0.4, 0.5) is 5.82 Å². The molecule has 2 rings (SSSR count). The molecule has 3 nitrogen and oxygen atoms in total. The molecule has 0 spiro atoms. The summed E-state index contributed by atoms with van der Waals surface area (Å²) >= 11 is 0. The largest absolute Gasteiger partial charge is 0.496 e. The number of nitrogens with zero attached hydrogens (tertiary/aromatic N) is 1. The Morgan fingerprint density at radius 2 is 2.13 bits per heavy atom. The van der Waals surface area contributed by atoms with Crippen molar-refractivity contribution in [2.45, 2.75) is 13.3 Å². The highest BCUT2D eigenvalue weighted by atomic mass is 16.5. The molecule has 3 heteroatoms. The molecular weight excluding hydrogens is 188 g/mol. The maximum atomic E-state index is 5.68. The highest BCUT2D eigenvalue weighted by molar-refractivity contribution is 5.87. The number of benzene rings is 1. The first-order valence-corrected chi connectivity index (χ1v) is 4.97. The highest BCUT2D eigenvalue weighted by Gasteiger charge is 2.04. The van der Waals surface area contributed by atoms with E-state index in [9.17, 15) is 0 Å². The average molecular weight is 202 g/mol. The van der Waals surface area contributed by atoms with Gasteiger partial charge in [-0.3, -0.25) is 0 Å². The first kappa shape index (κ1) is 9.77. The molecule has 15 heavy (non-hydrogen) atoms. The van der Waals surface area contributed by atoms with Gasteiger partial charge in [0.1, 0.15) is 11.6 Å². The summed E-state index contributed by atoms with van der Waals surface area (Å²) in [6.45, 7) is 2.12. The van der Waals surface area contributed by atoms with E-state index in [2.05, 4.69) is 24.0 Å². The lowest BCUT2D eigenvalue weighted by molar-refractivity contribution is 0.419. The lowest BCUT2D eigenvalue weighted by Gasteiger charge is -2.07. The van der Waals surface area contributed by atoms with Gasteiger partial charge in [0.15, 0.2) is 0 Å². The standard InChI is InChI=1S/C12H14N2O/c1-3-8-4-5-10-9(6-8)11(15-2)7-12(13)14-10/h4-7H,3H2,1-2H3,(H2,13,14). The van der Waals surface area contributed by atoms with Crippen LogP contribution in [0.15, 0.2) is 24.3 Å². The van der Waals surface area contributed by atoms with Crippen molar-refractivity contribution >= 4 is 16.7 Å². The van der Waals surface area contributed by atoms with E-state index in [-0.39, 0.29) is 0 Å². The van der Waals surface area contributed by atoms with Crippen molar-refractivity contribution in [2.24, 2.45) is 0 Å². The second-order valence-electron chi connectivity index (χ2n) is 3.45. The van der Waals surface area contributed by atoms with Crippen LogP contribution in [0.3, 0.4) is 0 Å². The van der Waals surface area contributed by atoms with Crippen LogP contribution in [0, 0.1) is 0 Å². The second-order valence-corrected chi connectivity index (χ2v) is 3.45. The fourth-order valence-corrected chi connectivity index (χ4v) is 1.65. The third kappa shape index (κ3) is 1.73. The average Bonchev–Trinajstić information content (AvgIpc) is 2.27. The predicted molar refractivity (Wildman–Crippen MR) is 62.1 cm³/mol. The lowest BCUT2D eigenvalue weighted by atomic mass is 10.1. The van der Waals surface area contributed by atoms with E-state index in [0.29, 0.717) is 5.82 Å². The molecule has 1 heterocycles. The zero-order valence-corrected chi connectivity index (χ0v) is 8.95.